The SMILES string of the molecule is CCCC1CCC(C(C)c2ccc(-c3c(CC)ccc(F)c3F)cc2)CC1. The van der Waals surface area contributed by atoms with Crippen LogP contribution in [0.3, 0.4) is 0 Å². The van der Waals surface area contributed by atoms with E-state index < -0.39 is 11.6 Å². The van der Waals surface area contributed by atoms with Gasteiger partial charge in [-0.2, -0.15) is 0 Å². The van der Waals surface area contributed by atoms with Gasteiger partial charge in [-0.25, -0.2) is 8.78 Å². The highest BCUT2D eigenvalue weighted by molar-refractivity contribution is 5.68. The molecule has 0 aliphatic heterocycles. The summed E-state index contributed by atoms with van der Waals surface area (Å²) in [6, 6.07) is 11.1. The zero-order chi connectivity index (χ0) is 19.4. The van der Waals surface area contributed by atoms with Crippen molar-refractivity contribution in [3.8, 4) is 11.1 Å². The first-order valence-electron chi connectivity index (χ1n) is 10.6. The van der Waals surface area contributed by atoms with Crippen LogP contribution < -0.4 is 0 Å². The quantitative estimate of drug-likeness (QED) is 0.484. The van der Waals surface area contributed by atoms with E-state index in [1.54, 1.807) is 6.07 Å². The first-order chi connectivity index (χ1) is 13.0. The molecule has 0 amide bonds. The predicted molar refractivity (Wildman–Crippen MR) is 110 cm³/mol. The van der Waals surface area contributed by atoms with E-state index in [2.05, 4.69) is 26.0 Å². The van der Waals surface area contributed by atoms with Crippen molar-refractivity contribution in [3.63, 3.8) is 0 Å². The van der Waals surface area contributed by atoms with Crippen LogP contribution in [-0.4, -0.2) is 0 Å². The zero-order valence-corrected chi connectivity index (χ0v) is 16.9. The fourth-order valence-electron chi connectivity index (χ4n) is 4.81. The normalized spacial score (nSPS) is 21.2. The molecule has 2 aromatic rings. The van der Waals surface area contributed by atoms with Gasteiger partial charge >= 0.3 is 0 Å². The maximum absolute atomic E-state index is 14.4. The molecule has 0 saturated heterocycles. The van der Waals surface area contributed by atoms with Gasteiger partial charge in [0.2, 0.25) is 0 Å². The second-order valence-corrected chi connectivity index (χ2v) is 8.23. The van der Waals surface area contributed by atoms with Crippen LogP contribution in [-0.2, 0) is 6.42 Å². The summed E-state index contributed by atoms with van der Waals surface area (Å²) in [5, 5.41) is 0. The molecule has 1 fully saturated rings. The maximum Gasteiger partial charge on any atom is 0.166 e. The molecule has 1 aliphatic rings. The van der Waals surface area contributed by atoms with Crippen molar-refractivity contribution in [1.29, 1.82) is 0 Å². The fourth-order valence-corrected chi connectivity index (χ4v) is 4.81. The molecule has 2 heteroatoms. The Morgan fingerprint density at radius 2 is 1.59 bits per heavy atom. The second-order valence-electron chi connectivity index (χ2n) is 8.23. The van der Waals surface area contributed by atoms with Crippen LogP contribution in [0.5, 0.6) is 0 Å². The van der Waals surface area contributed by atoms with Gasteiger partial charge in [0, 0.05) is 5.56 Å². The van der Waals surface area contributed by atoms with Crippen molar-refractivity contribution >= 4 is 0 Å². The van der Waals surface area contributed by atoms with E-state index in [0.717, 1.165) is 23.0 Å². The Labute approximate surface area is 163 Å². The Kier molecular flexibility index (Phi) is 6.68. The summed E-state index contributed by atoms with van der Waals surface area (Å²) in [7, 11) is 0. The second kappa shape index (κ2) is 8.99. The van der Waals surface area contributed by atoms with Gasteiger partial charge in [-0.05, 0) is 59.8 Å². The van der Waals surface area contributed by atoms with Crippen molar-refractivity contribution in [2.24, 2.45) is 11.8 Å². The van der Waals surface area contributed by atoms with E-state index >= 15 is 0 Å². The minimum atomic E-state index is -0.775. The third-order valence-electron chi connectivity index (χ3n) is 6.58. The molecule has 1 aliphatic carbocycles. The molecule has 0 bridgehead atoms. The number of hydrogen-bond acceptors (Lipinski definition) is 0. The molecule has 0 N–H and O–H groups in total. The van der Waals surface area contributed by atoms with Gasteiger partial charge in [0.05, 0.1) is 0 Å². The third kappa shape index (κ3) is 4.42. The van der Waals surface area contributed by atoms with Crippen molar-refractivity contribution in [1.82, 2.24) is 0 Å². The summed E-state index contributed by atoms with van der Waals surface area (Å²) in [6.07, 6.45) is 8.69. The van der Waals surface area contributed by atoms with Crippen molar-refractivity contribution in [2.45, 2.75) is 71.6 Å². The highest BCUT2D eigenvalue weighted by atomic mass is 19.2. The Morgan fingerprint density at radius 3 is 2.19 bits per heavy atom. The van der Waals surface area contributed by atoms with Crippen molar-refractivity contribution < 1.29 is 8.78 Å². The molecule has 1 atom stereocenters. The first-order valence-corrected chi connectivity index (χ1v) is 10.6. The Balaban J connectivity index is 1.76. The van der Waals surface area contributed by atoms with Crippen molar-refractivity contribution in [3.05, 3.63) is 59.2 Å². The summed E-state index contributed by atoms with van der Waals surface area (Å²) >= 11 is 0. The van der Waals surface area contributed by atoms with Gasteiger partial charge in [0.25, 0.3) is 0 Å². The summed E-state index contributed by atoms with van der Waals surface area (Å²) < 4.78 is 28.2. The highest BCUT2D eigenvalue weighted by Crippen LogP contribution is 2.40. The lowest BCUT2D eigenvalue weighted by Gasteiger charge is -2.32. The van der Waals surface area contributed by atoms with Crippen molar-refractivity contribution in [2.75, 3.05) is 0 Å². The molecule has 2 aromatic carbocycles. The van der Waals surface area contributed by atoms with E-state index in [9.17, 15) is 8.78 Å². The van der Waals surface area contributed by atoms with E-state index in [1.165, 1.54) is 50.2 Å². The van der Waals surface area contributed by atoms with E-state index in [0.29, 0.717) is 17.9 Å². The molecule has 0 aromatic heterocycles. The number of aryl methyl sites for hydroxylation is 1. The van der Waals surface area contributed by atoms with Gasteiger partial charge in [-0.15, -0.1) is 0 Å². The summed E-state index contributed by atoms with van der Waals surface area (Å²) in [5.74, 6) is 0.669. The molecule has 0 spiro atoms. The average Bonchev–Trinajstić information content (AvgIpc) is 2.70. The van der Waals surface area contributed by atoms with Gasteiger partial charge in [0.1, 0.15) is 0 Å². The maximum atomic E-state index is 14.4. The molecular formula is C25H32F2. The average molecular weight is 371 g/mol. The Morgan fingerprint density at radius 1 is 0.926 bits per heavy atom. The summed E-state index contributed by atoms with van der Waals surface area (Å²) in [6.45, 7) is 6.57. The smallest absolute Gasteiger partial charge is 0.166 e. The van der Waals surface area contributed by atoms with Crippen LogP contribution in [0.15, 0.2) is 36.4 Å². The number of benzene rings is 2. The van der Waals surface area contributed by atoms with E-state index in [4.69, 9.17) is 0 Å². The van der Waals surface area contributed by atoms with Gasteiger partial charge in [-0.1, -0.05) is 76.8 Å². The molecular weight excluding hydrogens is 338 g/mol. The van der Waals surface area contributed by atoms with E-state index in [-0.39, 0.29) is 0 Å². The molecule has 0 nitrogen and oxygen atoms in total. The molecule has 27 heavy (non-hydrogen) atoms. The lowest BCUT2D eigenvalue weighted by molar-refractivity contribution is 0.239. The molecule has 1 unspecified atom stereocenters. The van der Waals surface area contributed by atoms with Crippen LogP contribution in [0.1, 0.15) is 76.3 Å². The minimum Gasteiger partial charge on any atom is -0.204 e. The third-order valence-corrected chi connectivity index (χ3v) is 6.58. The van der Waals surface area contributed by atoms with Crippen LogP contribution in [0, 0.1) is 23.5 Å². The lowest BCUT2D eigenvalue weighted by Crippen LogP contribution is -2.19. The topological polar surface area (TPSA) is 0 Å². The summed E-state index contributed by atoms with van der Waals surface area (Å²) in [5.41, 5.74) is 3.35. The molecule has 1 saturated carbocycles. The Bertz CT molecular complexity index is 740. The summed E-state index contributed by atoms with van der Waals surface area (Å²) in [4.78, 5) is 0. The van der Waals surface area contributed by atoms with Crippen LogP contribution in [0.25, 0.3) is 11.1 Å². The molecule has 146 valence electrons. The monoisotopic (exact) mass is 370 g/mol. The fraction of sp³-hybridized carbons (Fsp3) is 0.520. The highest BCUT2D eigenvalue weighted by Gasteiger charge is 2.25. The van der Waals surface area contributed by atoms with Gasteiger partial charge in [0.15, 0.2) is 11.6 Å². The minimum absolute atomic E-state index is 0.414. The zero-order valence-electron chi connectivity index (χ0n) is 16.9. The number of hydrogen-bond donors (Lipinski definition) is 0. The molecule has 0 heterocycles. The Hall–Kier alpha value is -1.70. The lowest BCUT2D eigenvalue weighted by atomic mass is 9.73. The number of halogens is 2. The molecule has 3 rings (SSSR count). The standard InChI is InChI=1S/C25H32F2/c1-4-6-18-7-9-20(10-8-18)17(3)21-11-13-22(14-12-21)24-19(5-2)15-16-23(26)25(24)27/h11-18,20H,4-10H2,1-3H3. The number of rotatable bonds is 6. The van der Waals surface area contributed by atoms with Crippen LogP contribution in [0.2, 0.25) is 0 Å². The first kappa shape index (κ1) is 20.0. The van der Waals surface area contributed by atoms with Gasteiger partial charge < -0.3 is 0 Å². The van der Waals surface area contributed by atoms with Crippen LogP contribution in [0.4, 0.5) is 8.78 Å². The predicted octanol–water partition coefficient (Wildman–Crippen LogP) is 7.90. The molecule has 0 radical (unpaired) electrons. The van der Waals surface area contributed by atoms with Gasteiger partial charge in [-0.3, -0.25) is 0 Å². The largest absolute Gasteiger partial charge is 0.204 e. The van der Waals surface area contributed by atoms with Crippen LogP contribution >= 0.6 is 0 Å². The van der Waals surface area contributed by atoms with E-state index in [1.807, 2.05) is 19.1 Å².